The fourth-order valence-corrected chi connectivity index (χ4v) is 6.10. The van der Waals surface area contributed by atoms with Crippen LogP contribution in [0.15, 0.2) is 29.3 Å². The molecular formula is C18H29ClIN5O2S2. The predicted molar refractivity (Wildman–Crippen MR) is 135 cm³/mol. The number of rotatable bonds is 6. The van der Waals surface area contributed by atoms with Crippen molar-refractivity contribution in [2.45, 2.75) is 12.5 Å². The Morgan fingerprint density at radius 1 is 1.31 bits per heavy atom. The zero-order chi connectivity index (χ0) is 20.0. The Kier molecular flexibility index (Phi) is 10.1. The number of halogens is 2. The number of sulfonamides is 1. The van der Waals surface area contributed by atoms with Crippen molar-refractivity contribution in [3.05, 3.63) is 29.3 Å². The maximum Gasteiger partial charge on any atom is 0.215 e. The molecule has 0 radical (unpaired) electrons. The van der Waals surface area contributed by atoms with Gasteiger partial charge in [0.2, 0.25) is 10.0 Å². The normalized spacial score (nSPS) is 21.0. The summed E-state index contributed by atoms with van der Waals surface area (Å²) in [5.74, 6) is 2.47. The molecule has 1 aromatic carbocycles. The smallest absolute Gasteiger partial charge is 0.215 e. The summed E-state index contributed by atoms with van der Waals surface area (Å²) in [6, 6.07) is 8.12. The number of nitrogens with zero attached hydrogens (tertiary/aromatic N) is 3. The lowest BCUT2D eigenvalue weighted by Crippen LogP contribution is -2.47. The maximum atomic E-state index is 12.4. The van der Waals surface area contributed by atoms with Gasteiger partial charge in [-0.3, -0.25) is 4.99 Å². The third-order valence-corrected chi connectivity index (χ3v) is 7.99. The zero-order valence-electron chi connectivity index (χ0n) is 16.5. The molecule has 0 bridgehead atoms. The van der Waals surface area contributed by atoms with Gasteiger partial charge in [0.25, 0.3) is 0 Å². The predicted octanol–water partition coefficient (Wildman–Crippen LogP) is 2.08. The molecule has 2 saturated heterocycles. The van der Waals surface area contributed by atoms with Crippen molar-refractivity contribution >= 4 is 69.0 Å². The summed E-state index contributed by atoms with van der Waals surface area (Å²) in [4.78, 5) is 6.53. The highest BCUT2D eigenvalue weighted by atomic mass is 127. The molecule has 0 spiro atoms. The van der Waals surface area contributed by atoms with Crippen molar-refractivity contribution in [3.63, 3.8) is 0 Å². The Hall–Kier alpha value is -0.430. The summed E-state index contributed by atoms with van der Waals surface area (Å²) in [5.41, 5.74) is 1.12. The first-order chi connectivity index (χ1) is 13.5. The highest BCUT2D eigenvalue weighted by Crippen LogP contribution is 2.23. The van der Waals surface area contributed by atoms with E-state index in [2.05, 4.69) is 26.6 Å². The summed E-state index contributed by atoms with van der Waals surface area (Å²) >= 11 is 7.89. The number of aliphatic imine (C=N–C) groups is 1. The summed E-state index contributed by atoms with van der Waals surface area (Å²) in [7, 11) is -1.51. The fraction of sp³-hybridized carbons (Fsp3) is 0.611. The minimum absolute atomic E-state index is 0. The molecule has 2 heterocycles. The Morgan fingerprint density at radius 2 is 2.07 bits per heavy atom. The molecule has 2 fully saturated rings. The summed E-state index contributed by atoms with van der Waals surface area (Å²) < 4.78 is 26.5. The number of anilines is 1. The van der Waals surface area contributed by atoms with Crippen LogP contribution in [0.5, 0.6) is 0 Å². The van der Waals surface area contributed by atoms with Gasteiger partial charge in [0.05, 0.1) is 5.75 Å². The van der Waals surface area contributed by atoms with Gasteiger partial charge in [-0.2, -0.15) is 11.8 Å². The van der Waals surface area contributed by atoms with Crippen LogP contribution in [-0.4, -0.2) is 81.8 Å². The first-order valence-electron chi connectivity index (χ1n) is 9.51. The average Bonchev–Trinajstić information content (AvgIpc) is 3.16. The van der Waals surface area contributed by atoms with E-state index < -0.39 is 10.0 Å². The van der Waals surface area contributed by atoms with Gasteiger partial charge in [0.15, 0.2) is 5.96 Å². The van der Waals surface area contributed by atoms with Crippen LogP contribution >= 0.6 is 47.3 Å². The molecule has 0 saturated carbocycles. The lowest BCUT2D eigenvalue weighted by Gasteiger charge is -2.26. The Morgan fingerprint density at radius 3 is 2.76 bits per heavy atom. The van der Waals surface area contributed by atoms with Gasteiger partial charge in [-0.25, -0.2) is 12.7 Å². The second-order valence-electron chi connectivity index (χ2n) is 6.88. The van der Waals surface area contributed by atoms with Crippen molar-refractivity contribution in [2.75, 3.05) is 61.9 Å². The molecule has 3 rings (SSSR count). The third kappa shape index (κ3) is 7.34. The van der Waals surface area contributed by atoms with Gasteiger partial charge in [0, 0.05) is 68.0 Å². The van der Waals surface area contributed by atoms with E-state index in [-0.39, 0.29) is 35.8 Å². The number of thioether (sulfide) groups is 1. The molecule has 1 atom stereocenters. The van der Waals surface area contributed by atoms with E-state index in [0.717, 1.165) is 41.7 Å². The number of guanidine groups is 1. The topological polar surface area (TPSA) is 77.0 Å². The summed E-state index contributed by atoms with van der Waals surface area (Å²) in [6.45, 7) is 3.36. The fourth-order valence-electron chi connectivity index (χ4n) is 3.43. The Labute approximate surface area is 200 Å². The van der Waals surface area contributed by atoms with E-state index in [1.54, 1.807) is 23.1 Å². The van der Waals surface area contributed by atoms with E-state index in [1.165, 1.54) is 0 Å². The average molecular weight is 574 g/mol. The van der Waals surface area contributed by atoms with Gasteiger partial charge >= 0.3 is 0 Å². The molecule has 0 amide bonds. The monoisotopic (exact) mass is 573 g/mol. The van der Waals surface area contributed by atoms with Gasteiger partial charge < -0.3 is 15.5 Å². The first-order valence-corrected chi connectivity index (χ1v) is 12.7. The van der Waals surface area contributed by atoms with E-state index in [4.69, 9.17) is 11.6 Å². The Balaban J connectivity index is 0.00000300. The van der Waals surface area contributed by atoms with Crippen LogP contribution in [0.4, 0.5) is 5.69 Å². The molecular weight excluding hydrogens is 545 g/mol. The second-order valence-corrected chi connectivity index (χ2v) is 10.6. The zero-order valence-corrected chi connectivity index (χ0v) is 21.2. The van der Waals surface area contributed by atoms with Crippen molar-refractivity contribution in [1.82, 2.24) is 14.9 Å². The second kappa shape index (κ2) is 11.8. The molecule has 2 N–H and O–H groups in total. The highest BCUT2D eigenvalue weighted by molar-refractivity contribution is 14.0. The number of hydrogen-bond donors (Lipinski definition) is 2. The van der Waals surface area contributed by atoms with Crippen LogP contribution in [0.25, 0.3) is 0 Å². The quantitative estimate of drug-likeness (QED) is 0.308. The molecule has 1 aromatic rings. The van der Waals surface area contributed by atoms with Crippen molar-refractivity contribution < 1.29 is 8.42 Å². The van der Waals surface area contributed by atoms with Crippen LogP contribution in [0, 0.1) is 0 Å². The third-order valence-electron chi connectivity index (χ3n) is 4.94. The van der Waals surface area contributed by atoms with Crippen molar-refractivity contribution in [2.24, 2.45) is 4.99 Å². The molecule has 2 aliphatic rings. The van der Waals surface area contributed by atoms with Gasteiger partial charge in [-0.1, -0.05) is 17.7 Å². The molecule has 1 unspecified atom stereocenters. The molecule has 2 aliphatic heterocycles. The molecule has 164 valence electrons. The lowest BCUT2D eigenvalue weighted by atomic mass is 10.3. The Bertz CT molecular complexity index is 790. The number of hydrogen-bond acceptors (Lipinski definition) is 5. The SMILES string of the molecule is CN=C(NCCS(=O)(=O)N1CCSCC1)NC1CCN(c2cccc(Cl)c2)C1.I. The molecule has 0 aliphatic carbocycles. The summed E-state index contributed by atoms with van der Waals surface area (Å²) in [5, 5.41) is 7.28. The van der Waals surface area contributed by atoms with Crippen molar-refractivity contribution in [1.29, 1.82) is 0 Å². The standard InChI is InChI=1S/C18H28ClN5O2S2.HI/c1-20-18(21-6-12-28(25,26)24-8-10-27-11-9-24)22-16-5-7-23(14-16)17-4-2-3-15(19)13-17;/h2-4,13,16H,5-12,14H2,1H3,(H2,20,21,22);1H. The molecule has 29 heavy (non-hydrogen) atoms. The molecule has 11 heteroatoms. The molecule has 7 nitrogen and oxygen atoms in total. The van der Waals surface area contributed by atoms with Crippen LogP contribution in [0.3, 0.4) is 0 Å². The van der Waals surface area contributed by atoms with E-state index in [0.29, 0.717) is 25.6 Å². The van der Waals surface area contributed by atoms with Crippen LogP contribution < -0.4 is 15.5 Å². The van der Waals surface area contributed by atoms with Crippen LogP contribution in [0.1, 0.15) is 6.42 Å². The minimum atomic E-state index is -3.21. The van der Waals surface area contributed by atoms with E-state index in [1.807, 2.05) is 18.2 Å². The van der Waals surface area contributed by atoms with E-state index in [9.17, 15) is 8.42 Å². The largest absolute Gasteiger partial charge is 0.369 e. The highest BCUT2D eigenvalue weighted by Gasteiger charge is 2.25. The van der Waals surface area contributed by atoms with Gasteiger partial charge in [-0.05, 0) is 24.6 Å². The number of nitrogens with one attached hydrogen (secondary N) is 2. The van der Waals surface area contributed by atoms with Crippen LogP contribution in [-0.2, 0) is 10.0 Å². The minimum Gasteiger partial charge on any atom is -0.369 e. The number of benzene rings is 1. The van der Waals surface area contributed by atoms with Crippen molar-refractivity contribution in [3.8, 4) is 0 Å². The molecule has 0 aromatic heterocycles. The lowest BCUT2D eigenvalue weighted by molar-refractivity contribution is 0.443. The maximum absolute atomic E-state index is 12.4. The first kappa shape index (κ1) is 24.8. The summed E-state index contributed by atoms with van der Waals surface area (Å²) in [6.07, 6.45) is 0.983. The van der Waals surface area contributed by atoms with Gasteiger partial charge in [0.1, 0.15) is 0 Å². The van der Waals surface area contributed by atoms with Gasteiger partial charge in [-0.15, -0.1) is 24.0 Å². The van der Waals surface area contributed by atoms with Crippen LogP contribution in [0.2, 0.25) is 5.02 Å². The van der Waals surface area contributed by atoms with E-state index >= 15 is 0 Å².